The van der Waals surface area contributed by atoms with Crippen molar-refractivity contribution in [3.63, 3.8) is 0 Å². The molecule has 0 radical (unpaired) electrons. The van der Waals surface area contributed by atoms with Crippen LogP contribution in [0.3, 0.4) is 0 Å². The molecule has 0 bridgehead atoms. The number of rotatable bonds is 5. The maximum absolute atomic E-state index is 4.35. The Morgan fingerprint density at radius 1 is 1.24 bits per heavy atom. The summed E-state index contributed by atoms with van der Waals surface area (Å²) in [6.07, 6.45) is 10.9. The van der Waals surface area contributed by atoms with Gasteiger partial charge in [-0.25, -0.2) is 4.98 Å². The molecule has 0 atom stereocenters. The highest BCUT2D eigenvalue weighted by atomic mass is 15.2. The maximum Gasteiger partial charge on any atom is 0.202 e. The third-order valence-electron chi connectivity index (χ3n) is 4.15. The monoisotopic (exact) mass is 235 g/mol. The van der Waals surface area contributed by atoms with Crippen LogP contribution in [0.1, 0.15) is 46.0 Å². The molecule has 0 amide bonds. The Hall–Kier alpha value is -0.990. The summed E-state index contributed by atoms with van der Waals surface area (Å²) in [5.41, 5.74) is 0. The van der Waals surface area contributed by atoms with Crippen molar-refractivity contribution in [3.8, 4) is 0 Å². The third kappa shape index (κ3) is 3.24. The van der Waals surface area contributed by atoms with E-state index in [9.17, 15) is 0 Å². The minimum Gasteiger partial charge on any atom is -0.355 e. The standard InChI is InChI=1S/C14H25N3/c1-3-12-5-7-13(8-6-12)11-16-14-15-9-10-17(14)4-2/h9-10,12-13H,3-8,11H2,1-2H3,(H,15,16). The van der Waals surface area contributed by atoms with Crippen LogP contribution in [-0.4, -0.2) is 16.1 Å². The molecule has 1 heterocycles. The van der Waals surface area contributed by atoms with E-state index in [0.717, 1.165) is 30.9 Å². The van der Waals surface area contributed by atoms with Crippen LogP contribution in [-0.2, 0) is 6.54 Å². The summed E-state index contributed by atoms with van der Waals surface area (Å²) in [5, 5.41) is 3.50. The van der Waals surface area contributed by atoms with Crippen molar-refractivity contribution in [2.75, 3.05) is 11.9 Å². The van der Waals surface area contributed by atoms with Crippen LogP contribution in [0.5, 0.6) is 0 Å². The third-order valence-corrected chi connectivity index (χ3v) is 4.15. The van der Waals surface area contributed by atoms with Crippen molar-refractivity contribution < 1.29 is 0 Å². The highest BCUT2D eigenvalue weighted by Crippen LogP contribution is 2.30. The smallest absolute Gasteiger partial charge is 0.202 e. The molecule has 0 aromatic carbocycles. The average Bonchev–Trinajstić information content (AvgIpc) is 2.84. The van der Waals surface area contributed by atoms with Crippen LogP contribution >= 0.6 is 0 Å². The van der Waals surface area contributed by atoms with Gasteiger partial charge in [0.1, 0.15) is 0 Å². The molecule has 0 spiro atoms. The van der Waals surface area contributed by atoms with Crippen LogP contribution in [0, 0.1) is 11.8 Å². The summed E-state index contributed by atoms with van der Waals surface area (Å²) in [7, 11) is 0. The zero-order valence-electron chi connectivity index (χ0n) is 11.2. The van der Waals surface area contributed by atoms with E-state index in [1.54, 1.807) is 0 Å². The first-order chi connectivity index (χ1) is 8.33. The lowest BCUT2D eigenvalue weighted by molar-refractivity contribution is 0.278. The number of hydrogen-bond acceptors (Lipinski definition) is 2. The van der Waals surface area contributed by atoms with E-state index in [4.69, 9.17) is 0 Å². The van der Waals surface area contributed by atoms with Gasteiger partial charge in [0, 0.05) is 25.5 Å². The zero-order chi connectivity index (χ0) is 12.1. The van der Waals surface area contributed by atoms with Crippen molar-refractivity contribution in [2.45, 2.75) is 52.5 Å². The fourth-order valence-corrected chi connectivity index (χ4v) is 2.81. The van der Waals surface area contributed by atoms with Gasteiger partial charge in [-0.3, -0.25) is 0 Å². The molecule has 1 fully saturated rings. The normalized spacial score (nSPS) is 24.8. The highest BCUT2D eigenvalue weighted by molar-refractivity contribution is 5.25. The number of nitrogens with zero attached hydrogens (tertiary/aromatic N) is 2. The lowest BCUT2D eigenvalue weighted by atomic mass is 9.81. The van der Waals surface area contributed by atoms with E-state index in [1.165, 1.54) is 32.1 Å². The number of aromatic nitrogens is 2. The summed E-state index contributed by atoms with van der Waals surface area (Å²) in [4.78, 5) is 4.35. The second-order valence-corrected chi connectivity index (χ2v) is 5.21. The van der Waals surface area contributed by atoms with Crippen molar-refractivity contribution in [1.29, 1.82) is 0 Å². The van der Waals surface area contributed by atoms with Crippen LogP contribution in [0.25, 0.3) is 0 Å². The van der Waals surface area contributed by atoms with E-state index < -0.39 is 0 Å². The summed E-state index contributed by atoms with van der Waals surface area (Å²) >= 11 is 0. The van der Waals surface area contributed by atoms with Gasteiger partial charge < -0.3 is 9.88 Å². The molecule has 1 aromatic heterocycles. The predicted octanol–water partition coefficient (Wildman–Crippen LogP) is 3.53. The van der Waals surface area contributed by atoms with E-state index >= 15 is 0 Å². The molecule has 0 unspecified atom stereocenters. The van der Waals surface area contributed by atoms with Gasteiger partial charge in [-0.15, -0.1) is 0 Å². The Balaban J connectivity index is 1.76. The molecule has 1 N–H and O–H groups in total. The molecule has 17 heavy (non-hydrogen) atoms. The molecule has 1 saturated carbocycles. The topological polar surface area (TPSA) is 29.9 Å². The Morgan fingerprint density at radius 3 is 2.59 bits per heavy atom. The van der Waals surface area contributed by atoms with Gasteiger partial charge in [0.15, 0.2) is 0 Å². The van der Waals surface area contributed by atoms with Crippen molar-refractivity contribution in [2.24, 2.45) is 11.8 Å². The number of imidazole rings is 1. The first kappa shape index (κ1) is 12.5. The van der Waals surface area contributed by atoms with Gasteiger partial charge in [0.2, 0.25) is 5.95 Å². The first-order valence-corrected chi connectivity index (χ1v) is 7.08. The second-order valence-electron chi connectivity index (χ2n) is 5.21. The molecular weight excluding hydrogens is 210 g/mol. The SMILES string of the molecule is CCC1CCC(CNc2nccn2CC)CC1. The maximum atomic E-state index is 4.35. The Kier molecular flexibility index (Phi) is 4.46. The average molecular weight is 235 g/mol. The molecule has 0 saturated heterocycles. The fraction of sp³-hybridized carbons (Fsp3) is 0.786. The van der Waals surface area contributed by atoms with Crippen molar-refractivity contribution >= 4 is 5.95 Å². The first-order valence-electron chi connectivity index (χ1n) is 7.08. The summed E-state index contributed by atoms with van der Waals surface area (Å²) < 4.78 is 2.16. The summed E-state index contributed by atoms with van der Waals surface area (Å²) in [6, 6.07) is 0. The molecule has 1 aromatic rings. The van der Waals surface area contributed by atoms with E-state index in [0.29, 0.717) is 0 Å². The van der Waals surface area contributed by atoms with Gasteiger partial charge in [-0.1, -0.05) is 26.2 Å². The quantitative estimate of drug-likeness (QED) is 0.846. The van der Waals surface area contributed by atoms with E-state index in [2.05, 4.69) is 28.7 Å². The van der Waals surface area contributed by atoms with Crippen LogP contribution in [0.2, 0.25) is 0 Å². The summed E-state index contributed by atoms with van der Waals surface area (Å²) in [6.45, 7) is 6.55. The van der Waals surface area contributed by atoms with Crippen LogP contribution in [0.4, 0.5) is 5.95 Å². The largest absolute Gasteiger partial charge is 0.355 e. The summed E-state index contributed by atoms with van der Waals surface area (Å²) in [5.74, 6) is 2.87. The van der Waals surface area contributed by atoms with E-state index in [-0.39, 0.29) is 0 Å². The van der Waals surface area contributed by atoms with E-state index in [1.807, 2.05) is 12.4 Å². The van der Waals surface area contributed by atoms with Gasteiger partial charge in [0.05, 0.1) is 0 Å². The predicted molar refractivity (Wildman–Crippen MR) is 72.1 cm³/mol. The molecule has 1 aliphatic carbocycles. The highest BCUT2D eigenvalue weighted by Gasteiger charge is 2.19. The Labute approximate surface area is 105 Å². The lowest BCUT2D eigenvalue weighted by Crippen LogP contribution is -2.22. The minimum atomic E-state index is 0.847. The lowest BCUT2D eigenvalue weighted by Gasteiger charge is -2.28. The molecule has 3 nitrogen and oxygen atoms in total. The van der Waals surface area contributed by atoms with Gasteiger partial charge in [-0.05, 0) is 31.6 Å². The van der Waals surface area contributed by atoms with Crippen LogP contribution in [0.15, 0.2) is 12.4 Å². The van der Waals surface area contributed by atoms with Gasteiger partial charge in [0.25, 0.3) is 0 Å². The number of nitrogens with one attached hydrogen (secondary N) is 1. The molecule has 2 rings (SSSR count). The molecule has 3 heteroatoms. The Bertz CT molecular complexity index is 324. The number of hydrogen-bond donors (Lipinski definition) is 1. The molecule has 96 valence electrons. The number of aryl methyl sites for hydroxylation is 1. The molecular formula is C14H25N3. The van der Waals surface area contributed by atoms with Crippen molar-refractivity contribution in [3.05, 3.63) is 12.4 Å². The number of anilines is 1. The van der Waals surface area contributed by atoms with Gasteiger partial charge in [-0.2, -0.15) is 0 Å². The van der Waals surface area contributed by atoms with Crippen LogP contribution < -0.4 is 5.32 Å². The van der Waals surface area contributed by atoms with Gasteiger partial charge >= 0.3 is 0 Å². The fourth-order valence-electron chi connectivity index (χ4n) is 2.81. The Morgan fingerprint density at radius 2 is 1.94 bits per heavy atom. The molecule has 0 aliphatic heterocycles. The minimum absolute atomic E-state index is 0.847. The van der Waals surface area contributed by atoms with Crippen molar-refractivity contribution in [1.82, 2.24) is 9.55 Å². The molecule has 1 aliphatic rings. The zero-order valence-corrected chi connectivity index (χ0v) is 11.2. The second kappa shape index (κ2) is 6.08.